The van der Waals surface area contributed by atoms with Crippen LogP contribution in [-0.2, 0) is 13.0 Å². The topological polar surface area (TPSA) is 86.8 Å². The normalized spacial score (nSPS) is 12.8. The number of amides is 1. The number of carbonyl (C=O) groups excluding carboxylic acids is 1. The van der Waals surface area contributed by atoms with Crippen LogP contribution in [0.15, 0.2) is 60.1 Å². The Morgan fingerprint density at radius 1 is 1.17 bits per heavy atom. The van der Waals surface area contributed by atoms with Crippen molar-refractivity contribution in [1.29, 1.82) is 0 Å². The first-order valence-electron chi connectivity index (χ1n) is 9.33. The Morgan fingerprint density at radius 3 is 3.00 bits per heavy atom. The van der Waals surface area contributed by atoms with Gasteiger partial charge in [-0.05, 0) is 41.6 Å². The van der Waals surface area contributed by atoms with Gasteiger partial charge in [0.25, 0.3) is 5.91 Å². The second kappa shape index (κ2) is 7.48. The molecule has 0 bridgehead atoms. The molecule has 0 radical (unpaired) electrons. The van der Waals surface area contributed by atoms with E-state index in [9.17, 15) is 4.79 Å². The molecule has 29 heavy (non-hydrogen) atoms. The van der Waals surface area contributed by atoms with Crippen LogP contribution >= 0.6 is 11.3 Å². The molecule has 1 aliphatic heterocycles. The first-order chi connectivity index (χ1) is 14.3. The average molecular weight is 402 g/mol. The highest BCUT2D eigenvalue weighted by Gasteiger charge is 2.27. The molecule has 0 saturated heterocycles. The molecule has 0 saturated carbocycles. The van der Waals surface area contributed by atoms with Gasteiger partial charge in [-0.1, -0.05) is 24.3 Å². The zero-order chi connectivity index (χ0) is 19.6. The molecule has 8 heteroatoms. The minimum Gasteiger partial charge on any atom is -0.362 e. The molecule has 4 heterocycles. The lowest BCUT2D eigenvalue weighted by Crippen LogP contribution is -2.29. The third-order valence-corrected chi connectivity index (χ3v) is 5.73. The minimum atomic E-state index is -0.0533. The lowest BCUT2D eigenvalue weighted by Gasteiger charge is -2.19. The summed E-state index contributed by atoms with van der Waals surface area (Å²) >= 11 is 1.59. The SMILES string of the molecule is O=C(c1cccnc1NCc1nc(-c2cccs2)n[nH]1)N1CCc2ccccc21. The second-order valence-corrected chi connectivity index (χ2v) is 7.62. The maximum Gasteiger partial charge on any atom is 0.262 e. The van der Waals surface area contributed by atoms with E-state index in [4.69, 9.17) is 0 Å². The average Bonchev–Trinajstić information content (AvgIpc) is 3.52. The summed E-state index contributed by atoms with van der Waals surface area (Å²) in [5.41, 5.74) is 2.72. The lowest BCUT2D eigenvalue weighted by molar-refractivity contribution is 0.0990. The number of aromatic nitrogens is 4. The van der Waals surface area contributed by atoms with E-state index >= 15 is 0 Å². The standard InChI is InChI=1S/C21H18N6OS/c28-21(27-11-9-14-5-1-2-7-16(14)27)15-6-3-10-22-19(15)23-13-18-24-20(26-25-18)17-8-4-12-29-17/h1-8,10,12H,9,11,13H2,(H,22,23)(H,24,25,26). The van der Waals surface area contributed by atoms with E-state index in [1.165, 1.54) is 5.56 Å². The van der Waals surface area contributed by atoms with E-state index in [2.05, 4.69) is 31.5 Å². The molecule has 7 nitrogen and oxygen atoms in total. The van der Waals surface area contributed by atoms with E-state index < -0.39 is 0 Å². The van der Waals surface area contributed by atoms with Gasteiger partial charge in [0.05, 0.1) is 17.0 Å². The first kappa shape index (κ1) is 17.6. The third kappa shape index (κ3) is 3.38. The quantitative estimate of drug-likeness (QED) is 0.531. The summed E-state index contributed by atoms with van der Waals surface area (Å²) in [5.74, 6) is 1.84. The van der Waals surface area contributed by atoms with E-state index in [1.54, 1.807) is 29.7 Å². The molecule has 1 aromatic carbocycles. The van der Waals surface area contributed by atoms with Gasteiger partial charge in [-0.2, -0.15) is 5.10 Å². The number of hydrogen-bond acceptors (Lipinski definition) is 6. The molecule has 2 N–H and O–H groups in total. The number of nitrogens with one attached hydrogen (secondary N) is 2. The molecule has 4 aromatic rings. The van der Waals surface area contributed by atoms with Crippen molar-refractivity contribution in [3.63, 3.8) is 0 Å². The van der Waals surface area contributed by atoms with Crippen LogP contribution in [0.4, 0.5) is 11.5 Å². The van der Waals surface area contributed by atoms with Crippen molar-refractivity contribution in [3.05, 3.63) is 77.1 Å². The number of aromatic amines is 1. The number of carbonyl (C=O) groups is 1. The number of benzene rings is 1. The summed E-state index contributed by atoms with van der Waals surface area (Å²) in [6.45, 7) is 1.07. The molecule has 1 amide bonds. The Morgan fingerprint density at radius 2 is 2.10 bits per heavy atom. The highest BCUT2D eigenvalue weighted by atomic mass is 32.1. The molecular weight excluding hydrogens is 384 g/mol. The molecule has 144 valence electrons. The van der Waals surface area contributed by atoms with Crippen LogP contribution in [0.3, 0.4) is 0 Å². The first-order valence-corrected chi connectivity index (χ1v) is 10.2. The number of hydrogen-bond donors (Lipinski definition) is 2. The van der Waals surface area contributed by atoms with Gasteiger partial charge in [0.1, 0.15) is 11.6 Å². The van der Waals surface area contributed by atoms with Crippen molar-refractivity contribution in [2.75, 3.05) is 16.8 Å². The van der Waals surface area contributed by atoms with Crippen molar-refractivity contribution < 1.29 is 4.79 Å². The van der Waals surface area contributed by atoms with Crippen LogP contribution < -0.4 is 10.2 Å². The Hall–Kier alpha value is -3.52. The van der Waals surface area contributed by atoms with E-state index in [0.29, 0.717) is 36.1 Å². The van der Waals surface area contributed by atoms with Gasteiger partial charge >= 0.3 is 0 Å². The molecule has 0 fully saturated rings. The van der Waals surface area contributed by atoms with E-state index in [0.717, 1.165) is 17.0 Å². The predicted octanol–water partition coefficient (Wildman–Crippen LogP) is 3.74. The maximum absolute atomic E-state index is 13.2. The second-order valence-electron chi connectivity index (χ2n) is 6.67. The Labute approximate surface area is 171 Å². The van der Waals surface area contributed by atoms with E-state index in [-0.39, 0.29) is 5.91 Å². The minimum absolute atomic E-state index is 0.0533. The fourth-order valence-corrected chi connectivity index (χ4v) is 4.13. The largest absolute Gasteiger partial charge is 0.362 e. The van der Waals surface area contributed by atoms with Crippen molar-refractivity contribution >= 4 is 28.7 Å². The number of H-pyrrole nitrogens is 1. The Bertz CT molecular complexity index is 1150. The maximum atomic E-state index is 13.2. The molecule has 0 aliphatic carbocycles. The highest BCUT2D eigenvalue weighted by Crippen LogP contribution is 2.30. The molecular formula is C21H18N6OS. The number of nitrogens with zero attached hydrogens (tertiary/aromatic N) is 4. The van der Waals surface area contributed by atoms with Crippen molar-refractivity contribution in [1.82, 2.24) is 20.2 Å². The fourth-order valence-electron chi connectivity index (χ4n) is 3.47. The number of thiophene rings is 1. The molecule has 5 rings (SSSR count). The zero-order valence-electron chi connectivity index (χ0n) is 15.5. The highest BCUT2D eigenvalue weighted by molar-refractivity contribution is 7.13. The van der Waals surface area contributed by atoms with Gasteiger partial charge in [-0.25, -0.2) is 9.97 Å². The molecule has 0 unspecified atom stereocenters. The number of fused-ring (bicyclic) bond motifs is 1. The van der Waals surface area contributed by atoms with Crippen molar-refractivity contribution in [3.8, 4) is 10.7 Å². The van der Waals surface area contributed by atoms with Crippen LogP contribution in [0.25, 0.3) is 10.7 Å². The smallest absolute Gasteiger partial charge is 0.262 e. The van der Waals surface area contributed by atoms with Gasteiger partial charge in [-0.15, -0.1) is 11.3 Å². The number of para-hydroxylation sites is 1. The van der Waals surface area contributed by atoms with Crippen LogP contribution in [0.2, 0.25) is 0 Å². The van der Waals surface area contributed by atoms with Gasteiger partial charge in [-0.3, -0.25) is 9.89 Å². The van der Waals surface area contributed by atoms with E-state index in [1.807, 2.05) is 40.6 Å². The Balaban J connectivity index is 1.34. The predicted molar refractivity (Wildman–Crippen MR) is 113 cm³/mol. The van der Waals surface area contributed by atoms with Crippen LogP contribution in [-0.4, -0.2) is 32.6 Å². The lowest BCUT2D eigenvalue weighted by atomic mass is 10.1. The van der Waals surface area contributed by atoms with Gasteiger partial charge in [0, 0.05) is 18.4 Å². The summed E-state index contributed by atoms with van der Waals surface area (Å²) in [6.07, 6.45) is 2.54. The number of anilines is 2. The third-order valence-electron chi connectivity index (χ3n) is 4.87. The molecule has 1 aliphatic rings. The summed E-state index contributed by atoms with van der Waals surface area (Å²) in [7, 11) is 0. The number of pyridine rings is 1. The molecule has 3 aromatic heterocycles. The molecule has 0 atom stereocenters. The zero-order valence-corrected chi connectivity index (χ0v) is 16.3. The van der Waals surface area contributed by atoms with Crippen LogP contribution in [0.1, 0.15) is 21.7 Å². The molecule has 0 spiro atoms. The fraction of sp³-hybridized carbons (Fsp3) is 0.143. The monoisotopic (exact) mass is 402 g/mol. The van der Waals surface area contributed by atoms with Crippen molar-refractivity contribution in [2.24, 2.45) is 0 Å². The summed E-state index contributed by atoms with van der Waals surface area (Å²) < 4.78 is 0. The van der Waals surface area contributed by atoms with Crippen LogP contribution in [0, 0.1) is 0 Å². The summed E-state index contributed by atoms with van der Waals surface area (Å²) in [6, 6.07) is 15.6. The van der Waals surface area contributed by atoms with Gasteiger partial charge in [0.2, 0.25) is 0 Å². The summed E-state index contributed by atoms with van der Waals surface area (Å²) in [5, 5.41) is 12.4. The van der Waals surface area contributed by atoms with Gasteiger partial charge < -0.3 is 10.2 Å². The van der Waals surface area contributed by atoms with Gasteiger partial charge in [0.15, 0.2) is 5.82 Å². The Kier molecular flexibility index (Phi) is 4.53. The van der Waals surface area contributed by atoms with Crippen LogP contribution in [0.5, 0.6) is 0 Å². The van der Waals surface area contributed by atoms with Crippen molar-refractivity contribution in [2.45, 2.75) is 13.0 Å². The summed E-state index contributed by atoms with van der Waals surface area (Å²) in [4.78, 5) is 24.9. The number of rotatable bonds is 5.